The van der Waals surface area contributed by atoms with Crippen molar-refractivity contribution >= 4 is 17.5 Å². The van der Waals surface area contributed by atoms with Crippen molar-refractivity contribution in [3.8, 4) is 0 Å². The van der Waals surface area contributed by atoms with E-state index in [4.69, 9.17) is 4.74 Å². The lowest BCUT2D eigenvalue weighted by molar-refractivity contribution is 0.0472. The van der Waals surface area contributed by atoms with Gasteiger partial charge in [-0.2, -0.15) is 0 Å². The van der Waals surface area contributed by atoms with E-state index in [1.165, 1.54) is 6.92 Å². The highest BCUT2D eigenvalue weighted by atomic mass is 16.5. The molecule has 6 heteroatoms. The van der Waals surface area contributed by atoms with E-state index in [2.05, 4.69) is 9.55 Å². The summed E-state index contributed by atoms with van der Waals surface area (Å²) in [5.74, 6) is -0.937. The Balaban J connectivity index is 1.72. The standard InChI is InChI=1S/C20H24N2O4/c1-10-8-16(13(4)22(10)15-6-7-15)20(25)26-9-17(24)19-11(2)18(14(5)23)12(3)21-19/h8,15,21H,6-7,9H2,1-5H3. The number of aromatic amines is 1. The number of H-pyrrole nitrogens is 1. The van der Waals surface area contributed by atoms with E-state index >= 15 is 0 Å². The molecule has 1 aliphatic rings. The molecule has 2 aromatic heterocycles. The molecule has 2 aromatic rings. The van der Waals surface area contributed by atoms with Crippen molar-refractivity contribution in [3.05, 3.63) is 45.5 Å². The van der Waals surface area contributed by atoms with E-state index in [1.807, 2.05) is 19.9 Å². The van der Waals surface area contributed by atoms with Crippen LogP contribution in [0.1, 0.15) is 79.7 Å². The van der Waals surface area contributed by atoms with E-state index in [1.54, 1.807) is 13.8 Å². The van der Waals surface area contributed by atoms with Crippen molar-refractivity contribution in [3.63, 3.8) is 0 Å². The number of ether oxygens (including phenoxy) is 1. The Morgan fingerprint density at radius 1 is 1.19 bits per heavy atom. The van der Waals surface area contributed by atoms with Gasteiger partial charge in [-0.3, -0.25) is 9.59 Å². The molecule has 1 N–H and O–H groups in total. The number of hydrogen-bond acceptors (Lipinski definition) is 4. The molecule has 0 unspecified atom stereocenters. The van der Waals surface area contributed by atoms with Gasteiger partial charge < -0.3 is 14.3 Å². The molecule has 0 saturated heterocycles. The molecular weight excluding hydrogens is 332 g/mol. The minimum atomic E-state index is -0.494. The lowest BCUT2D eigenvalue weighted by Crippen LogP contribution is -2.16. The van der Waals surface area contributed by atoms with Crippen LogP contribution in [0.3, 0.4) is 0 Å². The Hall–Kier alpha value is -2.63. The Morgan fingerprint density at radius 3 is 2.38 bits per heavy atom. The van der Waals surface area contributed by atoms with Crippen molar-refractivity contribution in [1.82, 2.24) is 9.55 Å². The van der Waals surface area contributed by atoms with E-state index in [9.17, 15) is 14.4 Å². The number of esters is 1. The minimum absolute atomic E-state index is 0.0974. The maximum Gasteiger partial charge on any atom is 0.340 e. The number of rotatable bonds is 6. The van der Waals surface area contributed by atoms with E-state index in [0.29, 0.717) is 34.1 Å². The van der Waals surface area contributed by atoms with Gasteiger partial charge in [-0.15, -0.1) is 0 Å². The highest BCUT2D eigenvalue weighted by molar-refractivity contribution is 6.04. The summed E-state index contributed by atoms with van der Waals surface area (Å²) in [7, 11) is 0. The average Bonchev–Trinajstić information content (AvgIpc) is 3.28. The molecule has 0 amide bonds. The maximum absolute atomic E-state index is 12.4. The molecule has 0 bridgehead atoms. The fraction of sp³-hybridized carbons (Fsp3) is 0.450. The third kappa shape index (κ3) is 3.11. The second-order valence-electron chi connectivity index (χ2n) is 7.07. The molecule has 138 valence electrons. The number of hydrogen-bond donors (Lipinski definition) is 1. The normalized spacial score (nSPS) is 13.7. The Morgan fingerprint density at radius 2 is 1.85 bits per heavy atom. The number of nitrogens with one attached hydrogen (secondary N) is 1. The van der Waals surface area contributed by atoms with E-state index < -0.39 is 5.97 Å². The molecule has 6 nitrogen and oxygen atoms in total. The van der Waals surface area contributed by atoms with Crippen LogP contribution in [0.4, 0.5) is 0 Å². The Labute approximate surface area is 152 Å². The number of aryl methyl sites for hydroxylation is 2. The molecule has 1 fully saturated rings. The predicted molar refractivity (Wildman–Crippen MR) is 97.1 cm³/mol. The fourth-order valence-corrected chi connectivity index (χ4v) is 3.72. The van der Waals surface area contributed by atoms with Crippen LogP contribution in [-0.2, 0) is 4.74 Å². The third-order valence-corrected chi connectivity index (χ3v) is 5.02. The van der Waals surface area contributed by atoms with Crippen molar-refractivity contribution < 1.29 is 19.1 Å². The third-order valence-electron chi connectivity index (χ3n) is 5.02. The SMILES string of the molecule is CC(=O)c1c(C)[nH]c(C(=O)COC(=O)c2cc(C)n(C3CC3)c2C)c1C. The van der Waals surface area contributed by atoms with E-state index in [0.717, 1.165) is 24.2 Å². The number of nitrogens with zero attached hydrogens (tertiary/aromatic N) is 1. The van der Waals surface area contributed by atoms with E-state index in [-0.39, 0.29) is 18.2 Å². The molecule has 0 radical (unpaired) electrons. The molecule has 1 saturated carbocycles. The van der Waals surface area contributed by atoms with Gasteiger partial charge in [-0.1, -0.05) is 0 Å². The zero-order valence-corrected chi connectivity index (χ0v) is 15.9. The number of carbonyl (C=O) groups is 3. The molecule has 0 aliphatic heterocycles. The zero-order valence-electron chi connectivity index (χ0n) is 15.9. The number of aromatic nitrogens is 2. The van der Waals surface area contributed by atoms with Crippen LogP contribution >= 0.6 is 0 Å². The number of carbonyl (C=O) groups excluding carboxylic acids is 3. The molecule has 2 heterocycles. The average molecular weight is 356 g/mol. The van der Waals surface area contributed by atoms with Gasteiger partial charge in [0, 0.05) is 28.7 Å². The first kappa shape index (κ1) is 18.2. The lowest BCUT2D eigenvalue weighted by atomic mass is 10.1. The Kier molecular flexibility index (Phi) is 4.61. The quantitative estimate of drug-likeness (QED) is 0.633. The molecule has 26 heavy (non-hydrogen) atoms. The van der Waals surface area contributed by atoms with Crippen molar-refractivity contribution in [2.45, 2.75) is 53.5 Å². The second kappa shape index (κ2) is 6.59. The highest BCUT2D eigenvalue weighted by Crippen LogP contribution is 2.38. The van der Waals surface area contributed by atoms with Crippen molar-refractivity contribution in [2.24, 2.45) is 0 Å². The summed E-state index contributed by atoms with van der Waals surface area (Å²) in [4.78, 5) is 39.5. The van der Waals surface area contributed by atoms with Crippen molar-refractivity contribution in [2.75, 3.05) is 6.61 Å². The minimum Gasteiger partial charge on any atom is -0.454 e. The van der Waals surface area contributed by atoms with Crippen LogP contribution in [0.5, 0.6) is 0 Å². The van der Waals surface area contributed by atoms with Gasteiger partial charge in [-0.25, -0.2) is 4.79 Å². The summed E-state index contributed by atoms with van der Waals surface area (Å²) >= 11 is 0. The number of Topliss-reactive ketones (excluding diaryl/α,β-unsaturated/α-hetero) is 2. The largest absolute Gasteiger partial charge is 0.454 e. The van der Waals surface area contributed by atoms with Crippen LogP contribution in [0.2, 0.25) is 0 Å². The summed E-state index contributed by atoms with van der Waals surface area (Å²) in [6.45, 7) is 8.46. The van der Waals surface area contributed by atoms with Crippen LogP contribution in [-0.4, -0.2) is 33.7 Å². The van der Waals surface area contributed by atoms with Crippen LogP contribution in [0.15, 0.2) is 6.07 Å². The second-order valence-corrected chi connectivity index (χ2v) is 7.07. The zero-order chi connectivity index (χ0) is 19.2. The van der Waals surface area contributed by atoms with Crippen molar-refractivity contribution in [1.29, 1.82) is 0 Å². The van der Waals surface area contributed by atoms with Crippen LogP contribution in [0.25, 0.3) is 0 Å². The van der Waals surface area contributed by atoms with Gasteiger partial charge in [0.1, 0.15) is 0 Å². The smallest absolute Gasteiger partial charge is 0.340 e. The summed E-state index contributed by atoms with van der Waals surface area (Å²) < 4.78 is 7.41. The molecule has 0 aromatic carbocycles. The van der Waals surface area contributed by atoms with Crippen LogP contribution in [0, 0.1) is 27.7 Å². The summed E-state index contributed by atoms with van der Waals surface area (Å²) in [5.41, 5.74) is 4.52. The fourth-order valence-electron chi connectivity index (χ4n) is 3.72. The number of ketones is 2. The lowest BCUT2D eigenvalue weighted by Gasteiger charge is -2.08. The van der Waals surface area contributed by atoms with Gasteiger partial charge in [0.25, 0.3) is 0 Å². The van der Waals surface area contributed by atoms with Gasteiger partial charge in [0.05, 0.1) is 11.3 Å². The molecule has 3 rings (SSSR count). The topological polar surface area (TPSA) is 81.2 Å². The van der Waals surface area contributed by atoms with Gasteiger partial charge in [0.2, 0.25) is 5.78 Å². The predicted octanol–water partition coefficient (Wildman–Crippen LogP) is 3.63. The molecule has 0 spiro atoms. The van der Waals surface area contributed by atoms with Gasteiger partial charge in [0.15, 0.2) is 12.4 Å². The molecule has 0 atom stereocenters. The first-order valence-corrected chi connectivity index (χ1v) is 8.81. The highest BCUT2D eigenvalue weighted by Gasteiger charge is 2.29. The Bertz CT molecular complexity index is 913. The van der Waals surface area contributed by atoms with Crippen LogP contribution < -0.4 is 0 Å². The van der Waals surface area contributed by atoms with Gasteiger partial charge in [-0.05, 0) is 59.1 Å². The maximum atomic E-state index is 12.4. The first-order chi connectivity index (χ1) is 12.2. The first-order valence-electron chi connectivity index (χ1n) is 8.81. The summed E-state index contributed by atoms with van der Waals surface area (Å²) in [5, 5.41) is 0. The molecule has 1 aliphatic carbocycles. The monoisotopic (exact) mass is 356 g/mol. The van der Waals surface area contributed by atoms with Gasteiger partial charge >= 0.3 is 5.97 Å². The molecular formula is C20H24N2O4. The summed E-state index contributed by atoms with van der Waals surface area (Å²) in [6.07, 6.45) is 2.26. The summed E-state index contributed by atoms with van der Waals surface area (Å²) in [6, 6.07) is 2.30.